The Morgan fingerprint density at radius 3 is 2.27 bits per heavy atom. The summed E-state index contributed by atoms with van der Waals surface area (Å²) in [5.74, 6) is -1.36. The van der Waals surface area contributed by atoms with Gasteiger partial charge >= 0.3 is 5.97 Å². The van der Waals surface area contributed by atoms with E-state index in [1.165, 1.54) is 35.5 Å². The van der Waals surface area contributed by atoms with Crippen LogP contribution in [0.5, 0.6) is 0 Å². The van der Waals surface area contributed by atoms with Crippen molar-refractivity contribution >= 4 is 27.6 Å². The Labute approximate surface area is 176 Å². The molecule has 8 nitrogen and oxygen atoms in total. The number of benzene rings is 2. The molecule has 0 saturated heterocycles. The zero-order chi connectivity index (χ0) is 22.3. The van der Waals surface area contributed by atoms with Crippen LogP contribution >= 0.6 is 0 Å². The molecule has 2 rings (SSSR count). The number of ether oxygens (including phenoxy) is 1. The highest BCUT2D eigenvalue weighted by molar-refractivity contribution is 7.89. The Bertz CT molecular complexity index is 1050. The van der Waals surface area contributed by atoms with E-state index in [2.05, 4.69) is 5.32 Å². The van der Waals surface area contributed by atoms with E-state index >= 15 is 0 Å². The number of rotatable bonds is 8. The molecule has 1 amide bonds. The number of amides is 1. The Hall–Kier alpha value is -3.22. The van der Waals surface area contributed by atoms with E-state index < -0.39 is 28.0 Å². The van der Waals surface area contributed by atoms with Crippen molar-refractivity contribution in [3.05, 3.63) is 59.7 Å². The van der Waals surface area contributed by atoms with Gasteiger partial charge in [0.25, 0.3) is 5.91 Å². The second-order valence-corrected chi connectivity index (χ2v) is 8.25. The molecule has 0 fully saturated rings. The number of nitrogens with one attached hydrogen (secondary N) is 1. The van der Waals surface area contributed by atoms with Gasteiger partial charge in [0.05, 0.1) is 21.7 Å². The molecule has 0 aromatic heterocycles. The Morgan fingerprint density at radius 2 is 1.70 bits per heavy atom. The van der Waals surface area contributed by atoms with Gasteiger partial charge in [0, 0.05) is 13.1 Å². The second kappa shape index (κ2) is 10.0. The van der Waals surface area contributed by atoms with Crippen molar-refractivity contribution < 1.29 is 22.7 Å². The summed E-state index contributed by atoms with van der Waals surface area (Å²) >= 11 is 0. The largest absolute Gasteiger partial charge is 0.449 e. The summed E-state index contributed by atoms with van der Waals surface area (Å²) in [4.78, 5) is 24.7. The van der Waals surface area contributed by atoms with Crippen LogP contribution in [0.1, 0.15) is 36.7 Å². The first-order valence-electron chi connectivity index (χ1n) is 9.35. The predicted molar refractivity (Wildman–Crippen MR) is 111 cm³/mol. The molecule has 1 N–H and O–H groups in total. The fourth-order valence-corrected chi connectivity index (χ4v) is 4.14. The first kappa shape index (κ1) is 23.1. The zero-order valence-electron chi connectivity index (χ0n) is 17.0. The lowest BCUT2D eigenvalue weighted by atomic mass is 10.2. The van der Waals surface area contributed by atoms with Gasteiger partial charge in [-0.25, -0.2) is 13.2 Å². The number of carbonyl (C=O) groups excluding carboxylic acids is 2. The van der Waals surface area contributed by atoms with Crippen LogP contribution in [-0.4, -0.2) is 43.8 Å². The van der Waals surface area contributed by atoms with Crippen molar-refractivity contribution in [2.45, 2.75) is 31.8 Å². The summed E-state index contributed by atoms with van der Waals surface area (Å²) in [6.45, 7) is 5.57. The highest BCUT2D eigenvalue weighted by atomic mass is 32.2. The van der Waals surface area contributed by atoms with Gasteiger partial charge in [-0.15, -0.1) is 0 Å². The molecule has 1 atom stereocenters. The van der Waals surface area contributed by atoms with Crippen LogP contribution in [-0.2, 0) is 19.6 Å². The number of nitrogens with zero attached hydrogens (tertiary/aromatic N) is 2. The number of esters is 1. The van der Waals surface area contributed by atoms with Gasteiger partial charge in [0.15, 0.2) is 6.10 Å². The maximum absolute atomic E-state index is 12.5. The van der Waals surface area contributed by atoms with E-state index in [0.29, 0.717) is 18.8 Å². The maximum atomic E-state index is 12.5. The molecule has 0 heterocycles. The van der Waals surface area contributed by atoms with Crippen molar-refractivity contribution in [1.82, 2.24) is 4.31 Å². The summed E-state index contributed by atoms with van der Waals surface area (Å²) in [5, 5.41) is 11.6. The highest BCUT2D eigenvalue weighted by Crippen LogP contribution is 2.18. The molecule has 0 aliphatic carbocycles. The van der Waals surface area contributed by atoms with E-state index in [0.717, 1.165) is 0 Å². The molecule has 0 spiro atoms. The molecular weight excluding hydrogens is 406 g/mol. The number of nitriles is 1. The minimum absolute atomic E-state index is 0.0710. The molecule has 9 heteroatoms. The van der Waals surface area contributed by atoms with E-state index in [4.69, 9.17) is 10.00 Å². The number of hydrogen-bond donors (Lipinski definition) is 1. The van der Waals surface area contributed by atoms with E-state index in [9.17, 15) is 18.0 Å². The molecule has 30 heavy (non-hydrogen) atoms. The summed E-state index contributed by atoms with van der Waals surface area (Å²) in [6, 6.07) is 13.8. The van der Waals surface area contributed by atoms with Crippen molar-refractivity contribution in [2.75, 3.05) is 18.4 Å². The van der Waals surface area contributed by atoms with Gasteiger partial charge in [-0.05, 0) is 43.3 Å². The lowest BCUT2D eigenvalue weighted by molar-refractivity contribution is -0.123. The van der Waals surface area contributed by atoms with Crippen LogP contribution in [0.4, 0.5) is 5.69 Å². The predicted octanol–water partition coefficient (Wildman–Crippen LogP) is 2.77. The van der Waals surface area contributed by atoms with E-state index in [-0.39, 0.29) is 16.0 Å². The van der Waals surface area contributed by atoms with E-state index in [1.54, 1.807) is 38.1 Å². The Morgan fingerprint density at radius 1 is 1.10 bits per heavy atom. The van der Waals surface area contributed by atoms with Crippen LogP contribution in [0.25, 0.3) is 0 Å². The first-order valence-corrected chi connectivity index (χ1v) is 10.8. The van der Waals surface area contributed by atoms with Crippen LogP contribution in [0.2, 0.25) is 0 Å². The van der Waals surface area contributed by atoms with E-state index in [1.807, 2.05) is 6.07 Å². The molecule has 158 valence electrons. The van der Waals surface area contributed by atoms with Crippen LogP contribution in [0.3, 0.4) is 0 Å². The molecule has 2 aromatic rings. The average Bonchev–Trinajstić information content (AvgIpc) is 2.74. The van der Waals surface area contributed by atoms with Crippen LogP contribution in [0, 0.1) is 11.3 Å². The molecule has 0 aliphatic rings. The average molecular weight is 429 g/mol. The van der Waals surface area contributed by atoms with Crippen molar-refractivity contribution in [1.29, 1.82) is 5.26 Å². The molecule has 0 radical (unpaired) electrons. The number of para-hydroxylation sites is 1. The molecule has 2 aromatic carbocycles. The number of anilines is 1. The molecule has 0 bridgehead atoms. The van der Waals surface area contributed by atoms with Gasteiger partial charge in [-0.2, -0.15) is 9.57 Å². The maximum Gasteiger partial charge on any atom is 0.338 e. The normalized spacial score (nSPS) is 12.1. The summed E-state index contributed by atoms with van der Waals surface area (Å²) in [5.41, 5.74) is 0.721. The van der Waals surface area contributed by atoms with Gasteiger partial charge in [-0.1, -0.05) is 26.0 Å². The highest BCUT2D eigenvalue weighted by Gasteiger charge is 2.23. The molecule has 0 saturated carbocycles. The zero-order valence-corrected chi connectivity index (χ0v) is 17.8. The lowest BCUT2D eigenvalue weighted by Gasteiger charge is -2.18. The minimum atomic E-state index is -3.63. The third kappa shape index (κ3) is 5.23. The third-order valence-corrected chi connectivity index (χ3v) is 6.46. The van der Waals surface area contributed by atoms with Gasteiger partial charge < -0.3 is 10.1 Å². The fourth-order valence-electron chi connectivity index (χ4n) is 2.68. The van der Waals surface area contributed by atoms with Gasteiger partial charge in [-0.3, -0.25) is 4.79 Å². The molecular formula is C21H23N3O5S. The van der Waals surface area contributed by atoms with Gasteiger partial charge in [0.2, 0.25) is 10.0 Å². The number of sulfonamides is 1. The number of hydrogen-bond acceptors (Lipinski definition) is 6. The van der Waals surface area contributed by atoms with Crippen LogP contribution in [0.15, 0.2) is 53.4 Å². The SMILES string of the molecule is CCN(CC)S(=O)(=O)c1ccc(C(=O)OC(C)C(=O)Nc2ccccc2C#N)cc1. The smallest absolute Gasteiger partial charge is 0.338 e. The molecule has 1 unspecified atom stereocenters. The topological polar surface area (TPSA) is 117 Å². The fraction of sp³-hybridized carbons (Fsp3) is 0.286. The van der Waals surface area contributed by atoms with Crippen molar-refractivity contribution in [3.8, 4) is 6.07 Å². The lowest BCUT2D eigenvalue weighted by Crippen LogP contribution is -2.31. The monoisotopic (exact) mass is 429 g/mol. The molecule has 0 aliphatic heterocycles. The summed E-state index contributed by atoms with van der Waals surface area (Å²) in [6.07, 6.45) is -1.12. The number of carbonyl (C=O) groups is 2. The standard InChI is InChI=1S/C21H23N3O5S/c1-4-24(5-2)30(27,28)18-12-10-16(11-13-18)21(26)29-15(3)20(25)23-19-9-7-6-8-17(19)14-22/h6-13,15H,4-5H2,1-3H3,(H,23,25). The van der Waals surface area contributed by atoms with Crippen molar-refractivity contribution in [2.24, 2.45) is 0 Å². The Kier molecular flexibility index (Phi) is 7.69. The second-order valence-electron chi connectivity index (χ2n) is 6.31. The van der Waals surface area contributed by atoms with Crippen molar-refractivity contribution in [3.63, 3.8) is 0 Å². The summed E-state index contributed by atoms with van der Waals surface area (Å²) in [7, 11) is -3.63. The quantitative estimate of drug-likeness (QED) is 0.645. The van der Waals surface area contributed by atoms with Crippen LogP contribution < -0.4 is 5.32 Å². The third-order valence-electron chi connectivity index (χ3n) is 4.39. The minimum Gasteiger partial charge on any atom is -0.449 e. The summed E-state index contributed by atoms with van der Waals surface area (Å²) < 4.78 is 31.5. The Balaban J connectivity index is 2.07. The first-order chi connectivity index (χ1) is 14.2. The van der Waals surface area contributed by atoms with Gasteiger partial charge in [0.1, 0.15) is 6.07 Å².